The lowest BCUT2D eigenvalue weighted by Gasteiger charge is -2.04. The summed E-state index contributed by atoms with van der Waals surface area (Å²) in [6.45, 7) is 4.25. The number of carbonyl (C=O) groups is 1. The maximum atomic E-state index is 10.9. The van der Waals surface area contributed by atoms with Crippen LogP contribution in [0.1, 0.15) is 13.8 Å². The van der Waals surface area contributed by atoms with E-state index in [1.165, 1.54) is 9.79 Å². The third-order valence-electron chi connectivity index (χ3n) is 3.79. The van der Waals surface area contributed by atoms with Gasteiger partial charge in [-0.15, -0.1) is 23.5 Å². The molecule has 146 valence electrons. The summed E-state index contributed by atoms with van der Waals surface area (Å²) in [6.07, 6.45) is 0. The highest BCUT2D eigenvalue weighted by Gasteiger charge is 2.18. The van der Waals surface area contributed by atoms with Gasteiger partial charge in [-0.2, -0.15) is 0 Å². The quantitative estimate of drug-likeness (QED) is 0.393. The van der Waals surface area contributed by atoms with E-state index in [2.05, 4.69) is 43.1 Å². The summed E-state index contributed by atoms with van der Waals surface area (Å²) in [6, 6.07) is 16.4. The highest BCUT2D eigenvalue weighted by molar-refractivity contribution is 7.99. The average molecular weight is 432 g/mol. The molecule has 0 unspecified atom stereocenters. The minimum absolute atomic E-state index is 0.0858. The summed E-state index contributed by atoms with van der Waals surface area (Å²) < 4.78 is 5.96. The third-order valence-corrected chi connectivity index (χ3v) is 6.39. The molecular formula is C21H21NO3S3. The molecule has 28 heavy (non-hydrogen) atoms. The van der Waals surface area contributed by atoms with Gasteiger partial charge in [0.1, 0.15) is 11.4 Å². The van der Waals surface area contributed by atoms with Crippen molar-refractivity contribution in [2.45, 2.75) is 28.9 Å². The standard InChI is InChI=1S/C21H21NO3S3/c1-3-26-16-9-5-14(6-10-16)19-20(25-21(22-19)28-13-18(23)24)15-7-11-17(12-8-15)27-4-2/h5-12H,3-4,13H2,1-2H3,(H,23,24). The zero-order valence-corrected chi connectivity index (χ0v) is 18.1. The molecule has 0 aliphatic carbocycles. The van der Waals surface area contributed by atoms with Gasteiger partial charge in [-0.25, -0.2) is 4.98 Å². The number of oxazole rings is 1. The second kappa shape index (κ2) is 10.1. The first-order chi connectivity index (χ1) is 13.6. The normalized spacial score (nSPS) is 10.9. The van der Waals surface area contributed by atoms with Crippen LogP contribution in [0.25, 0.3) is 22.6 Å². The van der Waals surface area contributed by atoms with E-state index in [0.29, 0.717) is 11.0 Å². The summed E-state index contributed by atoms with van der Waals surface area (Å²) in [5.41, 5.74) is 2.61. The lowest BCUT2D eigenvalue weighted by Crippen LogP contribution is -1.97. The van der Waals surface area contributed by atoms with Gasteiger partial charge < -0.3 is 9.52 Å². The predicted octanol–water partition coefficient (Wildman–Crippen LogP) is 6.41. The van der Waals surface area contributed by atoms with Crippen LogP contribution in [0.3, 0.4) is 0 Å². The molecule has 0 saturated carbocycles. The summed E-state index contributed by atoms with van der Waals surface area (Å²) in [5.74, 6) is 1.72. The largest absolute Gasteiger partial charge is 0.481 e. The van der Waals surface area contributed by atoms with Crippen molar-refractivity contribution in [3.05, 3.63) is 48.5 Å². The molecule has 0 aliphatic heterocycles. The Morgan fingerprint density at radius 1 is 0.893 bits per heavy atom. The van der Waals surface area contributed by atoms with Crippen molar-refractivity contribution < 1.29 is 14.3 Å². The van der Waals surface area contributed by atoms with E-state index >= 15 is 0 Å². The van der Waals surface area contributed by atoms with Crippen LogP contribution in [0.5, 0.6) is 0 Å². The molecule has 0 amide bonds. The van der Waals surface area contributed by atoms with Gasteiger partial charge in [-0.05, 0) is 35.8 Å². The molecule has 1 N–H and O–H groups in total. The third kappa shape index (κ3) is 5.37. The maximum absolute atomic E-state index is 10.9. The average Bonchev–Trinajstić information content (AvgIpc) is 3.12. The lowest BCUT2D eigenvalue weighted by molar-refractivity contribution is -0.133. The molecule has 0 fully saturated rings. The van der Waals surface area contributed by atoms with E-state index in [1.807, 2.05) is 24.3 Å². The van der Waals surface area contributed by atoms with Crippen LogP contribution in [-0.2, 0) is 4.79 Å². The Hall–Kier alpha value is -1.83. The number of thioether (sulfide) groups is 3. The molecule has 0 bridgehead atoms. The first-order valence-electron chi connectivity index (χ1n) is 8.92. The molecule has 0 radical (unpaired) electrons. The fraction of sp³-hybridized carbons (Fsp3) is 0.238. The van der Waals surface area contributed by atoms with Crippen molar-refractivity contribution >= 4 is 41.3 Å². The SMILES string of the molecule is CCSc1ccc(-c2nc(SCC(=O)O)oc2-c2ccc(SCC)cc2)cc1. The van der Waals surface area contributed by atoms with Gasteiger partial charge in [-0.3, -0.25) is 4.79 Å². The Bertz CT molecular complexity index is 854. The second-order valence-electron chi connectivity index (χ2n) is 5.75. The molecule has 7 heteroatoms. The van der Waals surface area contributed by atoms with E-state index in [0.717, 1.165) is 40.1 Å². The van der Waals surface area contributed by atoms with Gasteiger partial charge in [0.25, 0.3) is 5.22 Å². The van der Waals surface area contributed by atoms with Crippen LogP contribution in [0.2, 0.25) is 0 Å². The van der Waals surface area contributed by atoms with Crippen molar-refractivity contribution in [1.29, 1.82) is 0 Å². The Kier molecular flexibility index (Phi) is 7.53. The number of hydrogen-bond acceptors (Lipinski definition) is 6. The summed E-state index contributed by atoms with van der Waals surface area (Å²) in [7, 11) is 0. The fourth-order valence-electron chi connectivity index (χ4n) is 2.62. The van der Waals surface area contributed by atoms with E-state index in [-0.39, 0.29) is 5.75 Å². The van der Waals surface area contributed by atoms with E-state index in [4.69, 9.17) is 9.52 Å². The number of benzene rings is 2. The van der Waals surface area contributed by atoms with Gasteiger partial charge in [0, 0.05) is 20.9 Å². The van der Waals surface area contributed by atoms with Crippen LogP contribution in [0, 0.1) is 0 Å². The minimum atomic E-state index is -0.895. The van der Waals surface area contributed by atoms with Gasteiger partial charge in [0.2, 0.25) is 0 Å². The maximum Gasteiger partial charge on any atom is 0.314 e. The lowest BCUT2D eigenvalue weighted by atomic mass is 10.1. The van der Waals surface area contributed by atoms with Crippen LogP contribution >= 0.6 is 35.3 Å². The number of aromatic nitrogens is 1. The van der Waals surface area contributed by atoms with Gasteiger partial charge in [0.05, 0.1) is 0 Å². The van der Waals surface area contributed by atoms with Crippen LogP contribution in [0.4, 0.5) is 0 Å². The Morgan fingerprint density at radius 2 is 1.43 bits per heavy atom. The number of carboxylic acid groups (broad SMARTS) is 1. The van der Waals surface area contributed by atoms with Crippen LogP contribution < -0.4 is 0 Å². The molecule has 1 aromatic heterocycles. The number of aliphatic carboxylic acids is 1. The monoisotopic (exact) mass is 431 g/mol. The Morgan fingerprint density at radius 3 is 1.93 bits per heavy atom. The first kappa shape index (κ1) is 20.9. The molecule has 0 atom stereocenters. The number of carboxylic acids is 1. The Labute approximate surface area is 177 Å². The second-order valence-corrected chi connectivity index (χ2v) is 9.36. The highest BCUT2D eigenvalue weighted by Crippen LogP contribution is 2.37. The Balaban J connectivity index is 1.97. The zero-order chi connectivity index (χ0) is 19.9. The summed E-state index contributed by atoms with van der Waals surface area (Å²) in [4.78, 5) is 17.9. The molecule has 2 aromatic carbocycles. The van der Waals surface area contributed by atoms with Crippen molar-refractivity contribution in [2.24, 2.45) is 0 Å². The fourth-order valence-corrected chi connectivity index (χ4v) is 4.49. The summed E-state index contributed by atoms with van der Waals surface area (Å²) >= 11 is 4.66. The molecular weight excluding hydrogens is 410 g/mol. The number of rotatable bonds is 9. The van der Waals surface area contributed by atoms with E-state index in [1.54, 1.807) is 23.5 Å². The van der Waals surface area contributed by atoms with E-state index in [9.17, 15) is 4.79 Å². The molecule has 3 rings (SSSR count). The molecule has 0 saturated heterocycles. The number of hydrogen-bond donors (Lipinski definition) is 1. The predicted molar refractivity (Wildman–Crippen MR) is 119 cm³/mol. The topological polar surface area (TPSA) is 63.3 Å². The smallest absolute Gasteiger partial charge is 0.314 e. The van der Waals surface area contributed by atoms with Crippen LogP contribution in [0.15, 0.2) is 68.0 Å². The highest BCUT2D eigenvalue weighted by atomic mass is 32.2. The molecule has 0 aliphatic rings. The van der Waals surface area contributed by atoms with Gasteiger partial charge >= 0.3 is 5.97 Å². The number of nitrogens with zero attached hydrogens (tertiary/aromatic N) is 1. The van der Waals surface area contributed by atoms with Crippen molar-refractivity contribution in [1.82, 2.24) is 4.98 Å². The van der Waals surface area contributed by atoms with Crippen molar-refractivity contribution in [3.63, 3.8) is 0 Å². The van der Waals surface area contributed by atoms with Crippen molar-refractivity contribution in [2.75, 3.05) is 17.3 Å². The van der Waals surface area contributed by atoms with Gasteiger partial charge in [-0.1, -0.05) is 49.9 Å². The van der Waals surface area contributed by atoms with Crippen molar-refractivity contribution in [3.8, 4) is 22.6 Å². The van der Waals surface area contributed by atoms with E-state index < -0.39 is 5.97 Å². The molecule has 4 nitrogen and oxygen atoms in total. The molecule has 0 spiro atoms. The summed E-state index contributed by atoms with van der Waals surface area (Å²) in [5, 5.41) is 9.32. The minimum Gasteiger partial charge on any atom is -0.481 e. The van der Waals surface area contributed by atoms with Gasteiger partial charge in [0.15, 0.2) is 5.76 Å². The first-order valence-corrected chi connectivity index (χ1v) is 11.9. The molecule has 1 heterocycles. The molecule has 3 aromatic rings. The van der Waals surface area contributed by atoms with Crippen LogP contribution in [-0.4, -0.2) is 33.3 Å². The zero-order valence-electron chi connectivity index (χ0n) is 15.7.